The van der Waals surface area contributed by atoms with Crippen LogP contribution in [0, 0.1) is 17.8 Å². The average molecular weight is 407 g/mol. The fraction of sp³-hybridized carbons (Fsp3) is 0.476. The molecular weight excluding hydrogens is 382 g/mol. The summed E-state index contributed by atoms with van der Waals surface area (Å²) in [4.78, 5) is 19.6. The predicted octanol–water partition coefficient (Wildman–Crippen LogP) is 2.20. The molecule has 3 heterocycles. The number of nitrogen functional groups attached to an aromatic ring is 1. The van der Waals surface area contributed by atoms with E-state index in [1.54, 1.807) is 0 Å². The molecule has 0 radical (unpaired) electrons. The number of benzene rings is 1. The molecule has 1 aliphatic carbocycles. The molecule has 3 aromatic rings. The van der Waals surface area contributed by atoms with Crippen molar-refractivity contribution in [3.63, 3.8) is 0 Å². The number of nitrogens with two attached hydrogens (primary N) is 1. The summed E-state index contributed by atoms with van der Waals surface area (Å²) >= 11 is 0. The molecule has 2 aliphatic rings. The predicted molar refractivity (Wildman–Crippen MR) is 111 cm³/mol. The van der Waals surface area contributed by atoms with E-state index in [0.717, 1.165) is 25.3 Å². The first kappa shape index (κ1) is 18.9. The van der Waals surface area contributed by atoms with Crippen molar-refractivity contribution in [3.05, 3.63) is 41.7 Å². The summed E-state index contributed by atoms with van der Waals surface area (Å²) in [5, 5.41) is 4.08. The van der Waals surface area contributed by atoms with Gasteiger partial charge in [-0.15, -0.1) is 0 Å². The molecule has 0 amide bonds. The van der Waals surface area contributed by atoms with Gasteiger partial charge in [0.05, 0.1) is 12.7 Å². The summed E-state index contributed by atoms with van der Waals surface area (Å²) in [6.45, 7) is 6.81. The van der Waals surface area contributed by atoms with Crippen molar-refractivity contribution < 1.29 is 9.26 Å². The van der Waals surface area contributed by atoms with E-state index in [0.29, 0.717) is 47.7 Å². The smallest absolute Gasteiger partial charge is 0.324 e. The van der Waals surface area contributed by atoms with E-state index in [2.05, 4.69) is 43.8 Å². The van der Waals surface area contributed by atoms with E-state index in [1.165, 1.54) is 0 Å². The maximum atomic E-state index is 5.90. The van der Waals surface area contributed by atoms with Gasteiger partial charge in [0.1, 0.15) is 5.82 Å². The molecule has 0 spiro atoms. The Morgan fingerprint density at radius 2 is 1.83 bits per heavy atom. The highest BCUT2D eigenvalue weighted by molar-refractivity contribution is 5.47. The topological polar surface area (TPSA) is 116 Å². The van der Waals surface area contributed by atoms with Crippen LogP contribution in [0.15, 0.2) is 34.9 Å². The van der Waals surface area contributed by atoms with Crippen LogP contribution in [0.5, 0.6) is 0 Å². The van der Waals surface area contributed by atoms with Crippen molar-refractivity contribution in [1.29, 1.82) is 0 Å². The Hall–Kier alpha value is -3.07. The summed E-state index contributed by atoms with van der Waals surface area (Å²) in [6, 6.07) is 10.5. The van der Waals surface area contributed by atoms with Crippen molar-refractivity contribution >= 4 is 12.0 Å². The van der Waals surface area contributed by atoms with Crippen molar-refractivity contribution in [2.45, 2.75) is 26.4 Å². The normalized spacial score (nSPS) is 22.5. The molecule has 5 rings (SSSR count). The molecule has 1 unspecified atom stereocenters. The average Bonchev–Trinajstić information content (AvgIpc) is 3.09. The SMILES string of the molecule is CC(C)OCC1[C@H]2CN(c3nc(-c4nc(N)nc(Cc5ccccc5)n4)no3)C[C@@H]12. The number of aromatic nitrogens is 5. The lowest BCUT2D eigenvalue weighted by Crippen LogP contribution is -2.25. The van der Waals surface area contributed by atoms with E-state index in [-0.39, 0.29) is 12.1 Å². The number of hydrogen-bond acceptors (Lipinski definition) is 9. The first-order valence-electron chi connectivity index (χ1n) is 10.3. The lowest BCUT2D eigenvalue weighted by Gasteiger charge is -2.17. The van der Waals surface area contributed by atoms with Gasteiger partial charge in [-0.2, -0.15) is 15.0 Å². The Bertz CT molecular complexity index is 1010. The Kier molecular flexibility index (Phi) is 4.82. The first-order valence-corrected chi connectivity index (χ1v) is 10.3. The number of fused-ring (bicyclic) bond motifs is 1. The largest absolute Gasteiger partial charge is 0.378 e. The van der Waals surface area contributed by atoms with Gasteiger partial charge in [-0.3, -0.25) is 0 Å². The zero-order valence-electron chi connectivity index (χ0n) is 17.1. The molecule has 156 valence electrons. The van der Waals surface area contributed by atoms with Crippen LogP contribution in [0.4, 0.5) is 12.0 Å². The maximum absolute atomic E-state index is 5.90. The number of rotatable bonds is 7. The third-order valence-corrected chi connectivity index (χ3v) is 5.78. The molecule has 2 aromatic heterocycles. The Morgan fingerprint density at radius 3 is 2.57 bits per heavy atom. The number of hydrogen-bond donors (Lipinski definition) is 1. The van der Waals surface area contributed by atoms with Crippen molar-refractivity contribution in [2.75, 3.05) is 30.3 Å². The second-order valence-corrected chi connectivity index (χ2v) is 8.28. The van der Waals surface area contributed by atoms with Crippen LogP contribution in [-0.4, -0.2) is 50.9 Å². The van der Waals surface area contributed by atoms with Gasteiger partial charge in [0.2, 0.25) is 17.6 Å². The summed E-state index contributed by atoms with van der Waals surface area (Å²) in [5.41, 5.74) is 6.99. The van der Waals surface area contributed by atoms with E-state index in [1.807, 2.05) is 30.3 Å². The molecule has 0 bridgehead atoms. The van der Waals surface area contributed by atoms with Crippen LogP contribution in [0.3, 0.4) is 0 Å². The van der Waals surface area contributed by atoms with Crippen LogP contribution < -0.4 is 10.6 Å². The van der Waals surface area contributed by atoms with Gasteiger partial charge >= 0.3 is 6.01 Å². The maximum Gasteiger partial charge on any atom is 0.324 e. The molecular formula is C21H25N7O2. The van der Waals surface area contributed by atoms with E-state index in [9.17, 15) is 0 Å². The van der Waals surface area contributed by atoms with Crippen LogP contribution in [0.25, 0.3) is 11.6 Å². The molecule has 1 saturated heterocycles. The van der Waals surface area contributed by atoms with Crippen molar-refractivity contribution in [1.82, 2.24) is 25.1 Å². The fourth-order valence-electron chi connectivity index (χ4n) is 4.19. The summed E-state index contributed by atoms with van der Waals surface area (Å²) in [7, 11) is 0. The van der Waals surface area contributed by atoms with Gasteiger partial charge in [0.15, 0.2) is 0 Å². The third-order valence-electron chi connectivity index (χ3n) is 5.78. The van der Waals surface area contributed by atoms with E-state index in [4.69, 9.17) is 15.0 Å². The second-order valence-electron chi connectivity index (χ2n) is 8.28. The molecule has 1 saturated carbocycles. The standard InChI is InChI=1S/C21H25N7O2/c1-12(2)29-11-16-14-9-28(10-15(14)16)21-26-19(27-30-21)18-23-17(24-20(22)25-18)8-13-6-4-3-5-7-13/h3-7,12,14-16H,8-11H2,1-2H3,(H2,22,23,24,25)/t14-,15+,16?. The molecule has 1 aliphatic heterocycles. The number of piperidine rings is 1. The molecule has 2 N–H and O–H groups in total. The van der Waals surface area contributed by atoms with Gasteiger partial charge in [-0.1, -0.05) is 35.5 Å². The highest BCUT2D eigenvalue weighted by Gasteiger charge is 2.56. The molecule has 2 fully saturated rings. The lowest BCUT2D eigenvalue weighted by atomic mass is 10.1. The van der Waals surface area contributed by atoms with Gasteiger partial charge in [0.25, 0.3) is 0 Å². The Labute approximate surface area is 174 Å². The molecule has 3 atom stereocenters. The summed E-state index contributed by atoms with van der Waals surface area (Å²) < 4.78 is 11.3. The monoisotopic (exact) mass is 407 g/mol. The van der Waals surface area contributed by atoms with Gasteiger partial charge in [0, 0.05) is 19.5 Å². The molecule has 9 nitrogen and oxygen atoms in total. The minimum Gasteiger partial charge on any atom is -0.378 e. The van der Waals surface area contributed by atoms with Crippen LogP contribution >= 0.6 is 0 Å². The number of ether oxygens (including phenoxy) is 1. The van der Waals surface area contributed by atoms with Gasteiger partial charge in [-0.25, -0.2) is 4.98 Å². The van der Waals surface area contributed by atoms with E-state index < -0.39 is 0 Å². The second kappa shape index (κ2) is 7.64. The Balaban J connectivity index is 1.26. The Morgan fingerprint density at radius 1 is 1.07 bits per heavy atom. The lowest BCUT2D eigenvalue weighted by molar-refractivity contribution is 0.0652. The van der Waals surface area contributed by atoms with Crippen molar-refractivity contribution in [2.24, 2.45) is 17.8 Å². The van der Waals surface area contributed by atoms with Crippen LogP contribution in [0.1, 0.15) is 25.2 Å². The number of anilines is 2. The number of nitrogens with zero attached hydrogens (tertiary/aromatic N) is 6. The zero-order chi connectivity index (χ0) is 20.7. The van der Waals surface area contributed by atoms with Crippen LogP contribution in [0.2, 0.25) is 0 Å². The third kappa shape index (κ3) is 3.85. The first-order chi connectivity index (χ1) is 14.6. The fourth-order valence-corrected chi connectivity index (χ4v) is 4.19. The van der Waals surface area contributed by atoms with Gasteiger partial charge < -0.3 is 19.9 Å². The van der Waals surface area contributed by atoms with Crippen LogP contribution in [-0.2, 0) is 11.2 Å². The minimum absolute atomic E-state index is 0.146. The quantitative estimate of drug-likeness (QED) is 0.629. The molecule has 30 heavy (non-hydrogen) atoms. The minimum atomic E-state index is 0.146. The van der Waals surface area contributed by atoms with Gasteiger partial charge in [-0.05, 0) is 37.2 Å². The highest BCUT2D eigenvalue weighted by atomic mass is 16.5. The zero-order valence-corrected chi connectivity index (χ0v) is 17.1. The highest BCUT2D eigenvalue weighted by Crippen LogP contribution is 2.52. The summed E-state index contributed by atoms with van der Waals surface area (Å²) in [5.74, 6) is 3.31. The van der Waals surface area contributed by atoms with Crippen molar-refractivity contribution in [3.8, 4) is 11.6 Å². The molecule has 1 aromatic carbocycles. The summed E-state index contributed by atoms with van der Waals surface area (Å²) in [6.07, 6.45) is 0.834. The van der Waals surface area contributed by atoms with E-state index >= 15 is 0 Å². The molecule has 9 heteroatoms.